The minimum absolute atomic E-state index is 0.317. The summed E-state index contributed by atoms with van der Waals surface area (Å²) < 4.78 is 5.19. The number of ether oxygens (including phenoxy) is 1. The fourth-order valence-electron chi connectivity index (χ4n) is 2.20. The van der Waals surface area contributed by atoms with E-state index in [1.54, 1.807) is 20.8 Å². The Bertz CT molecular complexity index is 346. The molecule has 2 unspecified atom stereocenters. The van der Waals surface area contributed by atoms with Crippen molar-refractivity contribution in [3.63, 3.8) is 0 Å². The van der Waals surface area contributed by atoms with Crippen molar-refractivity contribution in [2.75, 3.05) is 6.54 Å². The maximum Gasteiger partial charge on any atom is 0.417 e. The van der Waals surface area contributed by atoms with Gasteiger partial charge in [0.1, 0.15) is 5.60 Å². The van der Waals surface area contributed by atoms with Crippen molar-refractivity contribution in [2.45, 2.75) is 59.2 Å². The molecule has 0 spiro atoms. The lowest BCUT2D eigenvalue weighted by atomic mass is 9.93. The summed E-state index contributed by atoms with van der Waals surface area (Å²) in [6.45, 7) is 9.60. The lowest BCUT2D eigenvalue weighted by molar-refractivity contribution is -0.133. The first-order valence-corrected chi connectivity index (χ1v) is 6.84. The van der Waals surface area contributed by atoms with E-state index in [0.29, 0.717) is 25.3 Å². The molecular weight excluding hydrogens is 246 g/mol. The van der Waals surface area contributed by atoms with Crippen LogP contribution in [0.2, 0.25) is 0 Å². The van der Waals surface area contributed by atoms with Crippen LogP contribution in [0.4, 0.5) is 4.79 Å². The highest BCUT2D eigenvalue weighted by molar-refractivity contribution is 5.95. The molecule has 1 fully saturated rings. The summed E-state index contributed by atoms with van der Waals surface area (Å²) in [5.74, 6) is -0.476. The number of carbonyl (C=O) groups is 2. The molecule has 0 aromatic heterocycles. The van der Waals surface area contributed by atoms with Gasteiger partial charge < -0.3 is 9.84 Å². The van der Waals surface area contributed by atoms with Gasteiger partial charge in [-0.2, -0.15) is 0 Å². The quantitative estimate of drug-likeness (QED) is 0.854. The van der Waals surface area contributed by atoms with Crippen LogP contribution >= 0.6 is 0 Å². The molecule has 1 aliphatic heterocycles. The van der Waals surface area contributed by atoms with E-state index in [0.717, 1.165) is 4.90 Å². The van der Waals surface area contributed by atoms with Crippen LogP contribution in [-0.2, 0) is 9.53 Å². The molecular formula is C14H25NO4. The molecule has 5 heteroatoms. The zero-order valence-electron chi connectivity index (χ0n) is 12.5. The summed E-state index contributed by atoms with van der Waals surface area (Å²) in [5, 5.41) is 10.0. The largest absolute Gasteiger partial charge is 0.443 e. The van der Waals surface area contributed by atoms with E-state index in [4.69, 9.17) is 4.74 Å². The Morgan fingerprint density at radius 3 is 2.53 bits per heavy atom. The van der Waals surface area contributed by atoms with E-state index in [1.807, 2.05) is 13.8 Å². The van der Waals surface area contributed by atoms with Crippen LogP contribution in [0.1, 0.15) is 47.5 Å². The summed E-state index contributed by atoms with van der Waals surface area (Å²) in [6.07, 6.45) is -0.221. The molecule has 0 aromatic rings. The van der Waals surface area contributed by atoms with Crippen LogP contribution < -0.4 is 0 Å². The lowest BCUT2D eigenvalue weighted by Gasteiger charge is -2.24. The fourth-order valence-corrected chi connectivity index (χ4v) is 2.20. The highest BCUT2D eigenvalue weighted by Crippen LogP contribution is 2.26. The molecule has 0 saturated carbocycles. The summed E-state index contributed by atoms with van der Waals surface area (Å²) in [7, 11) is 0. The monoisotopic (exact) mass is 271 g/mol. The summed E-state index contributed by atoms with van der Waals surface area (Å²) in [5.41, 5.74) is -0.619. The first kappa shape index (κ1) is 16.0. The van der Waals surface area contributed by atoms with E-state index in [-0.39, 0.29) is 5.91 Å². The molecule has 5 nitrogen and oxygen atoms in total. The number of amides is 2. The van der Waals surface area contributed by atoms with Gasteiger partial charge in [-0.05, 0) is 39.5 Å². The van der Waals surface area contributed by atoms with Crippen LogP contribution in [-0.4, -0.2) is 40.3 Å². The Kier molecular flexibility index (Phi) is 4.96. The Morgan fingerprint density at radius 2 is 2.05 bits per heavy atom. The molecule has 1 N–H and O–H groups in total. The van der Waals surface area contributed by atoms with Crippen molar-refractivity contribution in [3.8, 4) is 0 Å². The Balaban J connectivity index is 2.62. The van der Waals surface area contributed by atoms with Gasteiger partial charge in [-0.3, -0.25) is 4.79 Å². The zero-order chi connectivity index (χ0) is 14.8. The molecule has 0 radical (unpaired) electrons. The molecule has 0 aliphatic carbocycles. The van der Waals surface area contributed by atoms with Gasteiger partial charge in [0.15, 0.2) is 0 Å². The highest BCUT2D eigenvalue weighted by atomic mass is 16.6. The van der Waals surface area contributed by atoms with E-state index in [9.17, 15) is 14.7 Å². The number of imide groups is 1. The minimum Gasteiger partial charge on any atom is -0.443 e. The lowest BCUT2D eigenvalue weighted by Crippen LogP contribution is -2.40. The maximum atomic E-state index is 12.1. The highest BCUT2D eigenvalue weighted by Gasteiger charge is 2.41. The SMILES string of the molecule is CC(C)CC(O)C1CCN(C(=O)OC(C)(C)C)C1=O. The van der Waals surface area contributed by atoms with E-state index < -0.39 is 23.7 Å². The van der Waals surface area contributed by atoms with Crippen molar-refractivity contribution in [3.05, 3.63) is 0 Å². The van der Waals surface area contributed by atoms with Crippen molar-refractivity contribution < 1.29 is 19.4 Å². The predicted molar refractivity (Wildman–Crippen MR) is 71.5 cm³/mol. The predicted octanol–water partition coefficient (Wildman–Crippen LogP) is 2.18. The van der Waals surface area contributed by atoms with Crippen molar-refractivity contribution in [1.82, 2.24) is 4.90 Å². The van der Waals surface area contributed by atoms with E-state index in [2.05, 4.69) is 0 Å². The average molecular weight is 271 g/mol. The second-order valence-corrected chi connectivity index (χ2v) is 6.56. The Morgan fingerprint density at radius 1 is 1.47 bits per heavy atom. The number of carbonyl (C=O) groups excluding carboxylic acids is 2. The fraction of sp³-hybridized carbons (Fsp3) is 0.857. The normalized spacial score (nSPS) is 21.9. The maximum absolute atomic E-state index is 12.1. The molecule has 1 saturated heterocycles. The number of hydrogen-bond acceptors (Lipinski definition) is 4. The molecule has 0 aromatic carbocycles. The molecule has 2 amide bonds. The number of aliphatic hydroxyl groups excluding tert-OH is 1. The van der Waals surface area contributed by atoms with Crippen molar-refractivity contribution >= 4 is 12.0 Å². The molecule has 0 bridgehead atoms. The van der Waals surface area contributed by atoms with Crippen LogP contribution in [0.3, 0.4) is 0 Å². The number of nitrogens with zero attached hydrogens (tertiary/aromatic N) is 1. The zero-order valence-corrected chi connectivity index (χ0v) is 12.5. The number of aliphatic hydroxyl groups is 1. The summed E-state index contributed by atoms with van der Waals surface area (Å²) >= 11 is 0. The second-order valence-electron chi connectivity index (χ2n) is 6.56. The number of likely N-dealkylation sites (tertiary alicyclic amines) is 1. The van der Waals surface area contributed by atoms with Gasteiger partial charge >= 0.3 is 6.09 Å². The van der Waals surface area contributed by atoms with Gasteiger partial charge in [0.2, 0.25) is 5.91 Å². The standard InChI is InChI=1S/C14H25NO4/c1-9(2)8-11(16)10-6-7-15(12(10)17)13(18)19-14(3,4)5/h9-11,16H,6-8H2,1-5H3. The molecule has 19 heavy (non-hydrogen) atoms. The van der Waals surface area contributed by atoms with Crippen molar-refractivity contribution in [2.24, 2.45) is 11.8 Å². The van der Waals surface area contributed by atoms with Gasteiger partial charge in [0, 0.05) is 6.54 Å². The minimum atomic E-state index is -0.681. The van der Waals surface area contributed by atoms with Crippen LogP contribution in [0, 0.1) is 11.8 Å². The summed E-state index contributed by atoms with van der Waals surface area (Å²) in [6, 6.07) is 0. The topological polar surface area (TPSA) is 66.8 Å². The smallest absolute Gasteiger partial charge is 0.417 e. The second kappa shape index (κ2) is 5.90. The molecule has 1 aliphatic rings. The Labute approximate surface area is 114 Å². The molecule has 1 heterocycles. The van der Waals surface area contributed by atoms with E-state index in [1.165, 1.54) is 0 Å². The van der Waals surface area contributed by atoms with Crippen LogP contribution in [0.5, 0.6) is 0 Å². The van der Waals surface area contributed by atoms with Crippen LogP contribution in [0.25, 0.3) is 0 Å². The first-order chi connectivity index (χ1) is 8.61. The van der Waals surface area contributed by atoms with Gasteiger partial charge in [-0.25, -0.2) is 9.69 Å². The average Bonchev–Trinajstić information content (AvgIpc) is 2.56. The third kappa shape index (κ3) is 4.49. The third-order valence-corrected chi connectivity index (χ3v) is 3.04. The first-order valence-electron chi connectivity index (χ1n) is 6.84. The number of rotatable bonds is 3. The molecule has 2 atom stereocenters. The van der Waals surface area contributed by atoms with Gasteiger partial charge in [0.05, 0.1) is 12.0 Å². The van der Waals surface area contributed by atoms with Crippen LogP contribution in [0.15, 0.2) is 0 Å². The van der Waals surface area contributed by atoms with E-state index >= 15 is 0 Å². The molecule has 110 valence electrons. The van der Waals surface area contributed by atoms with Crippen molar-refractivity contribution in [1.29, 1.82) is 0 Å². The number of hydrogen-bond donors (Lipinski definition) is 1. The van der Waals surface area contributed by atoms with Gasteiger partial charge in [-0.1, -0.05) is 13.8 Å². The Hall–Kier alpha value is -1.10. The van der Waals surface area contributed by atoms with Gasteiger partial charge in [0.25, 0.3) is 0 Å². The summed E-state index contributed by atoms with van der Waals surface area (Å²) in [4.78, 5) is 25.1. The van der Waals surface area contributed by atoms with Gasteiger partial charge in [-0.15, -0.1) is 0 Å². The third-order valence-electron chi connectivity index (χ3n) is 3.04. The molecule has 1 rings (SSSR count).